The quantitative estimate of drug-likeness (QED) is 0.200. The number of rotatable bonds is 2. The molecule has 0 saturated carbocycles. The van der Waals surface area contributed by atoms with Crippen LogP contribution in [0.5, 0.6) is 0 Å². The van der Waals surface area contributed by atoms with Crippen molar-refractivity contribution in [3.8, 4) is 0 Å². The first-order chi connectivity index (χ1) is 12.5. The van der Waals surface area contributed by atoms with Crippen LogP contribution < -0.4 is 4.57 Å². The molecular formula is C23H23N2S+. The van der Waals surface area contributed by atoms with Crippen LogP contribution in [0.3, 0.4) is 0 Å². The number of thioether (sulfide) groups is 1. The molecule has 3 heteroatoms. The lowest BCUT2D eigenvalue weighted by Gasteiger charge is -2.43. The van der Waals surface area contributed by atoms with Crippen molar-refractivity contribution >= 4 is 39.1 Å². The summed E-state index contributed by atoms with van der Waals surface area (Å²) in [6.45, 7) is 11.2. The summed E-state index contributed by atoms with van der Waals surface area (Å²) in [5.74, 6) is 0. The zero-order chi connectivity index (χ0) is 18.3. The first-order valence-corrected chi connectivity index (χ1v) is 10.3. The molecule has 0 aliphatic carbocycles. The molecule has 0 amide bonds. The molecule has 2 nitrogen and oxygen atoms in total. The van der Waals surface area contributed by atoms with Gasteiger partial charge in [0.2, 0.25) is 0 Å². The van der Waals surface area contributed by atoms with Crippen LogP contribution in [0.1, 0.15) is 26.3 Å². The first-order valence-electron chi connectivity index (χ1n) is 9.04. The summed E-state index contributed by atoms with van der Waals surface area (Å²) in [4.78, 5) is 1.31. The van der Waals surface area contributed by atoms with E-state index in [2.05, 4.69) is 97.4 Å². The smallest absolute Gasteiger partial charge is 0.220 e. The van der Waals surface area contributed by atoms with E-state index in [9.17, 15) is 0 Å². The number of allylic oxidation sites excluding steroid dienone is 1. The molecule has 2 aromatic heterocycles. The van der Waals surface area contributed by atoms with E-state index in [0.717, 1.165) is 0 Å². The van der Waals surface area contributed by atoms with Gasteiger partial charge in [0.25, 0.3) is 5.65 Å². The Morgan fingerprint density at radius 2 is 1.81 bits per heavy atom. The molecule has 0 saturated heterocycles. The van der Waals surface area contributed by atoms with Crippen LogP contribution in [0.15, 0.2) is 66.3 Å². The van der Waals surface area contributed by atoms with Crippen LogP contribution in [-0.2, 0) is 11.0 Å². The molecule has 0 spiro atoms. The van der Waals surface area contributed by atoms with Crippen molar-refractivity contribution in [3.63, 3.8) is 0 Å². The second-order valence-electron chi connectivity index (χ2n) is 7.92. The Balaban J connectivity index is 2.18. The number of para-hydroxylation sites is 1. The summed E-state index contributed by atoms with van der Waals surface area (Å²) in [6, 6.07) is 13.4. The van der Waals surface area contributed by atoms with Crippen LogP contribution in [-0.4, -0.2) is 10.7 Å². The Morgan fingerprint density at radius 1 is 1.08 bits per heavy atom. The molecule has 1 atom stereocenters. The van der Waals surface area contributed by atoms with Gasteiger partial charge in [0.1, 0.15) is 17.9 Å². The lowest BCUT2D eigenvalue weighted by molar-refractivity contribution is -0.735. The Labute approximate surface area is 158 Å². The molecule has 0 N–H and O–H groups in total. The third-order valence-corrected chi connectivity index (χ3v) is 7.47. The van der Waals surface area contributed by atoms with Crippen molar-refractivity contribution < 1.29 is 4.57 Å². The predicted octanol–water partition coefficient (Wildman–Crippen LogP) is 5.45. The van der Waals surface area contributed by atoms with Gasteiger partial charge in [-0.05, 0) is 37.0 Å². The SMILES string of the molecule is C=CC1(C)[n+]2ccn3c4c(SC)cccc4c4cccc(c4c32)C1(C)C. The molecule has 1 aliphatic rings. The molecule has 0 bridgehead atoms. The van der Waals surface area contributed by atoms with Crippen LogP contribution in [0.4, 0.5) is 0 Å². The molecule has 1 unspecified atom stereocenters. The third kappa shape index (κ3) is 1.59. The largest absolute Gasteiger partial charge is 0.295 e. The van der Waals surface area contributed by atoms with Crippen molar-refractivity contribution in [3.05, 3.63) is 67.0 Å². The van der Waals surface area contributed by atoms with E-state index in [0.29, 0.717) is 0 Å². The van der Waals surface area contributed by atoms with Gasteiger partial charge in [0.15, 0.2) is 5.52 Å². The number of hydrogen-bond donors (Lipinski definition) is 0. The lowest BCUT2D eigenvalue weighted by Crippen LogP contribution is -2.64. The summed E-state index contributed by atoms with van der Waals surface area (Å²) in [7, 11) is 0. The molecule has 2 aromatic carbocycles. The number of imidazole rings is 1. The monoisotopic (exact) mass is 359 g/mol. The summed E-state index contributed by atoms with van der Waals surface area (Å²) < 4.78 is 4.80. The zero-order valence-electron chi connectivity index (χ0n) is 15.7. The standard InChI is InChI=1S/C23H23N2S/c1-6-23(4)22(2,3)17-11-7-9-15-16-10-8-12-18(26-5)20(16)24-13-14-25(23)21(24)19(15)17/h6-14H,1H2,2-5H3/q+1. The van der Waals surface area contributed by atoms with E-state index in [-0.39, 0.29) is 11.0 Å². The molecule has 5 rings (SSSR count). The van der Waals surface area contributed by atoms with Crippen molar-refractivity contribution in [1.82, 2.24) is 4.40 Å². The molecule has 0 radical (unpaired) electrons. The molecule has 130 valence electrons. The first kappa shape index (κ1) is 16.0. The van der Waals surface area contributed by atoms with E-state index in [4.69, 9.17) is 0 Å². The number of hydrogen-bond acceptors (Lipinski definition) is 1. The van der Waals surface area contributed by atoms with Gasteiger partial charge in [-0.1, -0.05) is 44.7 Å². The average molecular weight is 360 g/mol. The van der Waals surface area contributed by atoms with Gasteiger partial charge in [-0.25, -0.2) is 4.57 Å². The van der Waals surface area contributed by atoms with Gasteiger partial charge in [-0.2, -0.15) is 4.40 Å². The van der Waals surface area contributed by atoms with Gasteiger partial charge in [-0.15, -0.1) is 11.8 Å². The maximum absolute atomic E-state index is 4.22. The minimum Gasteiger partial charge on any atom is -0.220 e. The topological polar surface area (TPSA) is 8.29 Å². The Morgan fingerprint density at radius 3 is 2.54 bits per heavy atom. The van der Waals surface area contributed by atoms with Gasteiger partial charge in [0.05, 0.1) is 10.3 Å². The van der Waals surface area contributed by atoms with Crippen LogP contribution >= 0.6 is 11.8 Å². The summed E-state index contributed by atoms with van der Waals surface area (Å²) in [6.07, 6.45) is 8.71. The van der Waals surface area contributed by atoms with Crippen LogP contribution in [0.25, 0.3) is 27.3 Å². The molecular weight excluding hydrogens is 336 g/mol. The maximum atomic E-state index is 4.22. The number of benzene rings is 2. The van der Waals surface area contributed by atoms with Crippen molar-refractivity contribution in [2.24, 2.45) is 0 Å². The molecule has 1 aliphatic heterocycles. The minimum atomic E-state index is -0.189. The molecule has 26 heavy (non-hydrogen) atoms. The van der Waals surface area contributed by atoms with Crippen LogP contribution in [0.2, 0.25) is 0 Å². The van der Waals surface area contributed by atoms with E-state index in [1.807, 2.05) is 11.8 Å². The molecule has 3 heterocycles. The normalized spacial score (nSPS) is 21.1. The van der Waals surface area contributed by atoms with E-state index in [1.165, 1.54) is 37.8 Å². The second kappa shape index (κ2) is 4.92. The van der Waals surface area contributed by atoms with Crippen molar-refractivity contribution in [1.29, 1.82) is 0 Å². The maximum Gasteiger partial charge on any atom is 0.295 e. The summed E-state index contributed by atoms with van der Waals surface area (Å²) in [5, 5.41) is 4.03. The van der Waals surface area contributed by atoms with E-state index in [1.54, 1.807) is 0 Å². The highest BCUT2D eigenvalue weighted by Gasteiger charge is 2.51. The van der Waals surface area contributed by atoms with Crippen molar-refractivity contribution in [2.45, 2.75) is 36.6 Å². The fraction of sp³-hybridized carbons (Fsp3) is 0.261. The Kier molecular flexibility index (Phi) is 3.02. The van der Waals surface area contributed by atoms with E-state index >= 15 is 0 Å². The fourth-order valence-corrected chi connectivity index (χ4v) is 5.42. The highest BCUT2D eigenvalue weighted by molar-refractivity contribution is 7.98. The highest BCUT2D eigenvalue weighted by atomic mass is 32.2. The van der Waals surface area contributed by atoms with Gasteiger partial charge >= 0.3 is 0 Å². The van der Waals surface area contributed by atoms with Crippen molar-refractivity contribution in [2.75, 3.05) is 6.26 Å². The number of aromatic nitrogens is 2. The number of fused-ring (bicyclic) bond motifs is 3. The van der Waals surface area contributed by atoms with Gasteiger partial charge in [-0.3, -0.25) is 0 Å². The summed E-state index contributed by atoms with van der Waals surface area (Å²) in [5.41, 5.74) is 3.72. The zero-order valence-corrected chi connectivity index (χ0v) is 16.5. The third-order valence-electron chi connectivity index (χ3n) is 6.70. The van der Waals surface area contributed by atoms with Crippen LogP contribution in [0, 0.1) is 0 Å². The number of pyridine rings is 1. The van der Waals surface area contributed by atoms with E-state index < -0.39 is 0 Å². The molecule has 4 aromatic rings. The summed E-state index contributed by atoms with van der Waals surface area (Å²) >= 11 is 1.81. The van der Waals surface area contributed by atoms with Gasteiger partial charge in [0, 0.05) is 16.2 Å². The predicted molar refractivity (Wildman–Crippen MR) is 111 cm³/mol. The minimum absolute atomic E-state index is 0.0570. The van der Waals surface area contributed by atoms with Gasteiger partial charge < -0.3 is 0 Å². The Bertz CT molecular complexity index is 1230. The number of nitrogens with zero attached hydrogens (tertiary/aromatic N) is 2. The average Bonchev–Trinajstić information content (AvgIpc) is 3.11. The Hall–Kier alpha value is -2.26. The second-order valence-corrected chi connectivity index (χ2v) is 8.77. The highest BCUT2D eigenvalue weighted by Crippen LogP contribution is 2.47. The fourth-order valence-electron chi connectivity index (χ4n) is 4.81. The molecule has 0 fully saturated rings. The lowest BCUT2D eigenvalue weighted by atomic mass is 9.65.